The summed E-state index contributed by atoms with van der Waals surface area (Å²) in [6.07, 6.45) is 0.641. The topological polar surface area (TPSA) is 79.8 Å². The van der Waals surface area contributed by atoms with Crippen LogP contribution >= 0.6 is 45.6 Å². The zero-order valence-corrected chi connectivity index (χ0v) is 15.2. The lowest BCUT2D eigenvalue weighted by atomic mass is 10.4. The van der Waals surface area contributed by atoms with E-state index in [1.165, 1.54) is 22.7 Å². The molecule has 0 fully saturated rings. The fourth-order valence-electron chi connectivity index (χ4n) is 1.74. The predicted octanol–water partition coefficient (Wildman–Crippen LogP) is 4.05. The van der Waals surface area contributed by atoms with Crippen molar-refractivity contribution in [2.45, 2.75) is 13.3 Å². The molecule has 3 aromatic heterocycles. The first-order valence-electron chi connectivity index (χ1n) is 6.66. The van der Waals surface area contributed by atoms with Crippen LogP contribution in [0.5, 0.6) is 0 Å². The van der Waals surface area contributed by atoms with Gasteiger partial charge in [0.05, 0.1) is 15.6 Å². The second-order valence-electron chi connectivity index (χ2n) is 4.49. The molecule has 120 valence electrons. The second kappa shape index (κ2) is 7.35. The number of carbonyl (C=O) groups excluding carboxylic acids is 1. The molecule has 0 aliphatic rings. The lowest BCUT2D eigenvalue weighted by Crippen LogP contribution is -2.30. The molecule has 6 nitrogen and oxygen atoms in total. The maximum Gasteiger partial charge on any atom is 0.321 e. The SMILES string of the molecule is Cc1nc(CCNC(=O)Nc2nnc(-c3cccs3)s2)sc1Cl. The third-order valence-corrected chi connectivity index (χ3v) is 6.17. The maximum atomic E-state index is 11.8. The number of thiophene rings is 1. The quantitative estimate of drug-likeness (QED) is 0.694. The molecule has 23 heavy (non-hydrogen) atoms. The van der Waals surface area contributed by atoms with E-state index in [4.69, 9.17) is 11.6 Å². The van der Waals surface area contributed by atoms with E-state index in [0.717, 1.165) is 20.6 Å². The van der Waals surface area contributed by atoms with Crippen LogP contribution in [0.15, 0.2) is 17.5 Å². The smallest absolute Gasteiger partial charge is 0.321 e. The molecule has 0 bridgehead atoms. The van der Waals surface area contributed by atoms with Gasteiger partial charge in [-0.15, -0.1) is 32.9 Å². The van der Waals surface area contributed by atoms with Gasteiger partial charge in [-0.25, -0.2) is 9.78 Å². The van der Waals surface area contributed by atoms with E-state index < -0.39 is 0 Å². The first kappa shape index (κ1) is 16.3. The number of amides is 2. The van der Waals surface area contributed by atoms with Crippen molar-refractivity contribution >= 4 is 56.8 Å². The van der Waals surface area contributed by atoms with Crippen LogP contribution in [0, 0.1) is 6.92 Å². The number of rotatable bonds is 5. The van der Waals surface area contributed by atoms with E-state index in [1.54, 1.807) is 11.3 Å². The van der Waals surface area contributed by atoms with Crippen molar-refractivity contribution in [1.29, 1.82) is 0 Å². The number of hydrogen-bond acceptors (Lipinski definition) is 7. The Balaban J connectivity index is 1.48. The molecule has 2 N–H and O–H groups in total. The molecular weight excluding hydrogens is 374 g/mol. The number of halogens is 1. The number of carbonyl (C=O) groups is 1. The van der Waals surface area contributed by atoms with Crippen molar-refractivity contribution in [2.75, 3.05) is 11.9 Å². The Morgan fingerprint density at radius 2 is 2.22 bits per heavy atom. The van der Waals surface area contributed by atoms with Crippen molar-refractivity contribution in [3.63, 3.8) is 0 Å². The lowest BCUT2D eigenvalue weighted by molar-refractivity contribution is 0.252. The molecule has 0 aliphatic heterocycles. The first-order valence-corrected chi connectivity index (χ1v) is 9.55. The number of aromatic nitrogens is 3. The van der Waals surface area contributed by atoms with Crippen LogP contribution < -0.4 is 10.6 Å². The van der Waals surface area contributed by atoms with E-state index in [-0.39, 0.29) is 6.03 Å². The number of anilines is 1. The standard InChI is InChI=1S/C13H12ClN5OS3/c1-7-10(14)22-9(16-7)4-5-15-12(20)17-13-19-18-11(23-13)8-3-2-6-21-8/h2-3,6H,4-5H2,1H3,(H2,15,17,19,20). The van der Waals surface area contributed by atoms with Crippen molar-refractivity contribution in [1.82, 2.24) is 20.5 Å². The van der Waals surface area contributed by atoms with Crippen LogP contribution in [-0.4, -0.2) is 27.8 Å². The summed E-state index contributed by atoms with van der Waals surface area (Å²) in [6, 6.07) is 3.61. The molecule has 0 saturated heterocycles. The Morgan fingerprint density at radius 1 is 1.35 bits per heavy atom. The van der Waals surface area contributed by atoms with Crippen molar-refractivity contribution in [2.24, 2.45) is 0 Å². The highest BCUT2D eigenvalue weighted by molar-refractivity contribution is 7.23. The zero-order valence-electron chi connectivity index (χ0n) is 12.0. The summed E-state index contributed by atoms with van der Waals surface area (Å²) in [4.78, 5) is 17.2. The molecule has 3 heterocycles. The van der Waals surface area contributed by atoms with Gasteiger partial charge in [0.15, 0.2) is 5.01 Å². The summed E-state index contributed by atoms with van der Waals surface area (Å²) in [5.74, 6) is 0. The highest BCUT2D eigenvalue weighted by Gasteiger charge is 2.10. The summed E-state index contributed by atoms with van der Waals surface area (Å²) < 4.78 is 0.694. The fourth-order valence-corrected chi connectivity index (χ4v) is 4.36. The maximum absolute atomic E-state index is 11.8. The van der Waals surface area contributed by atoms with Gasteiger partial charge in [-0.2, -0.15) is 0 Å². The van der Waals surface area contributed by atoms with Crippen molar-refractivity contribution in [3.05, 3.63) is 32.6 Å². The lowest BCUT2D eigenvalue weighted by Gasteiger charge is -2.03. The van der Waals surface area contributed by atoms with E-state index in [1.807, 2.05) is 24.4 Å². The second-order valence-corrected chi connectivity index (χ2v) is 8.10. The van der Waals surface area contributed by atoms with Gasteiger partial charge in [0.1, 0.15) is 4.34 Å². The highest BCUT2D eigenvalue weighted by Crippen LogP contribution is 2.29. The third-order valence-electron chi connectivity index (χ3n) is 2.79. The van der Waals surface area contributed by atoms with Gasteiger partial charge in [0.2, 0.25) is 5.13 Å². The normalized spacial score (nSPS) is 10.7. The molecule has 0 aliphatic carbocycles. The summed E-state index contributed by atoms with van der Waals surface area (Å²) in [5.41, 5.74) is 0.825. The molecule has 0 atom stereocenters. The highest BCUT2D eigenvalue weighted by atomic mass is 35.5. The Morgan fingerprint density at radius 3 is 2.91 bits per heavy atom. The van der Waals surface area contributed by atoms with Gasteiger partial charge in [0, 0.05) is 13.0 Å². The van der Waals surface area contributed by atoms with Crippen LogP contribution in [0.4, 0.5) is 9.93 Å². The minimum Gasteiger partial charge on any atom is -0.337 e. The molecule has 0 aromatic carbocycles. The summed E-state index contributed by atoms with van der Waals surface area (Å²) in [6.45, 7) is 2.34. The molecule has 3 aromatic rings. The first-order chi connectivity index (χ1) is 11.1. The Kier molecular flexibility index (Phi) is 5.21. The number of hydrogen-bond donors (Lipinski definition) is 2. The summed E-state index contributed by atoms with van der Waals surface area (Å²) in [5, 5.41) is 17.6. The number of nitrogens with zero attached hydrogens (tertiary/aromatic N) is 3. The van der Waals surface area contributed by atoms with Gasteiger partial charge in [-0.3, -0.25) is 5.32 Å². The summed E-state index contributed by atoms with van der Waals surface area (Å²) >= 11 is 10.3. The van der Waals surface area contributed by atoms with Crippen LogP contribution in [0.1, 0.15) is 10.7 Å². The fraction of sp³-hybridized carbons (Fsp3) is 0.231. The average molecular weight is 386 g/mol. The molecular formula is C13H12ClN5OS3. The average Bonchev–Trinajstić information content (AvgIpc) is 3.21. The molecule has 0 spiro atoms. The predicted molar refractivity (Wildman–Crippen MR) is 95.8 cm³/mol. The Labute approximate surface area is 149 Å². The monoisotopic (exact) mass is 385 g/mol. The van der Waals surface area contributed by atoms with E-state index in [2.05, 4.69) is 25.8 Å². The van der Waals surface area contributed by atoms with Crippen molar-refractivity contribution < 1.29 is 4.79 Å². The molecule has 0 unspecified atom stereocenters. The van der Waals surface area contributed by atoms with Gasteiger partial charge < -0.3 is 5.32 Å². The largest absolute Gasteiger partial charge is 0.337 e. The Bertz CT molecular complexity index is 779. The number of aryl methyl sites for hydroxylation is 1. The minimum absolute atomic E-state index is 0.307. The molecule has 2 amide bonds. The van der Waals surface area contributed by atoms with Gasteiger partial charge >= 0.3 is 6.03 Å². The van der Waals surface area contributed by atoms with E-state index >= 15 is 0 Å². The number of thiazole rings is 1. The zero-order chi connectivity index (χ0) is 16.2. The van der Waals surface area contributed by atoms with E-state index in [9.17, 15) is 4.79 Å². The third kappa shape index (κ3) is 4.25. The number of urea groups is 1. The number of nitrogens with one attached hydrogen (secondary N) is 2. The van der Waals surface area contributed by atoms with Crippen LogP contribution in [0.3, 0.4) is 0 Å². The molecule has 10 heteroatoms. The van der Waals surface area contributed by atoms with Gasteiger partial charge in [-0.05, 0) is 18.4 Å². The molecule has 3 rings (SSSR count). The minimum atomic E-state index is -0.307. The van der Waals surface area contributed by atoms with Crippen LogP contribution in [0.2, 0.25) is 4.34 Å². The molecule has 0 saturated carbocycles. The molecule has 0 radical (unpaired) electrons. The van der Waals surface area contributed by atoms with Crippen molar-refractivity contribution in [3.8, 4) is 9.88 Å². The Hall–Kier alpha value is -1.55. The van der Waals surface area contributed by atoms with Gasteiger partial charge in [0.25, 0.3) is 0 Å². The van der Waals surface area contributed by atoms with Gasteiger partial charge in [-0.1, -0.05) is 29.0 Å². The summed E-state index contributed by atoms with van der Waals surface area (Å²) in [7, 11) is 0. The van der Waals surface area contributed by atoms with E-state index in [0.29, 0.717) is 22.4 Å². The van der Waals surface area contributed by atoms with Crippen LogP contribution in [-0.2, 0) is 6.42 Å². The van der Waals surface area contributed by atoms with Crippen LogP contribution in [0.25, 0.3) is 9.88 Å².